The molecular formula is C26H29F4NO3. The number of benzene rings is 2. The van der Waals surface area contributed by atoms with E-state index in [0.29, 0.717) is 50.2 Å². The molecule has 2 aromatic rings. The first-order valence-corrected chi connectivity index (χ1v) is 11.6. The van der Waals surface area contributed by atoms with Crippen molar-refractivity contribution < 1.29 is 31.8 Å². The van der Waals surface area contributed by atoms with E-state index < -0.39 is 24.4 Å². The van der Waals surface area contributed by atoms with Crippen LogP contribution in [-0.4, -0.2) is 50.1 Å². The molecule has 3 atom stereocenters. The lowest BCUT2D eigenvalue weighted by atomic mass is 9.72. The molecule has 1 aliphatic heterocycles. The van der Waals surface area contributed by atoms with Crippen LogP contribution >= 0.6 is 0 Å². The van der Waals surface area contributed by atoms with Gasteiger partial charge in [0.2, 0.25) is 6.36 Å². The third-order valence-corrected chi connectivity index (χ3v) is 7.06. The number of nitrogens with zero attached hydrogens (tertiary/aromatic N) is 1. The van der Waals surface area contributed by atoms with E-state index in [2.05, 4.69) is 0 Å². The van der Waals surface area contributed by atoms with Gasteiger partial charge in [-0.2, -0.15) is 13.2 Å². The molecule has 4 rings (SSSR count). The molecule has 0 aromatic heterocycles. The highest BCUT2D eigenvalue weighted by molar-refractivity contribution is 5.90. The van der Waals surface area contributed by atoms with E-state index in [1.807, 2.05) is 11.0 Å². The summed E-state index contributed by atoms with van der Waals surface area (Å²) in [6, 6.07) is 14.0. The molecule has 0 N–H and O–H groups in total. The second-order valence-electron chi connectivity index (χ2n) is 9.19. The maximum atomic E-state index is 14.9. The van der Waals surface area contributed by atoms with Crippen LogP contribution in [0.4, 0.5) is 17.6 Å². The highest BCUT2D eigenvalue weighted by Gasteiger charge is 2.50. The maximum Gasteiger partial charge on any atom is 0.392 e. The van der Waals surface area contributed by atoms with Crippen LogP contribution in [0, 0.1) is 17.8 Å². The quantitative estimate of drug-likeness (QED) is 0.355. The average Bonchev–Trinajstić information content (AvgIpc) is 2.81. The second kappa shape index (κ2) is 10.3. The Labute approximate surface area is 196 Å². The summed E-state index contributed by atoms with van der Waals surface area (Å²) < 4.78 is 64.2. The molecule has 34 heavy (non-hydrogen) atoms. The molecule has 1 saturated heterocycles. The van der Waals surface area contributed by atoms with Gasteiger partial charge in [0.15, 0.2) is 0 Å². The molecule has 1 saturated carbocycles. The van der Waals surface area contributed by atoms with Crippen molar-refractivity contribution in [1.29, 1.82) is 0 Å². The van der Waals surface area contributed by atoms with Crippen LogP contribution in [0.1, 0.15) is 36.0 Å². The molecule has 2 fully saturated rings. The Kier molecular flexibility index (Phi) is 7.45. The summed E-state index contributed by atoms with van der Waals surface area (Å²) in [5, 5.41) is 0. The predicted octanol–water partition coefficient (Wildman–Crippen LogP) is 6.12. The lowest BCUT2D eigenvalue weighted by molar-refractivity contribution is -0.215. The molecule has 0 radical (unpaired) electrons. The minimum absolute atomic E-state index is 0.222. The number of hydrogen-bond donors (Lipinski definition) is 0. The maximum absolute atomic E-state index is 14.9. The largest absolute Gasteiger partial charge is 0.465 e. The number of piperidine rings is 1. The van der Waals surface area contributed by atoms with Gasteiger partial charge in [0, 0.05) is 12.5 Å². The normalized spacial score (nSPS) is 22.6. The van der Waals surface area contributed by atoms with E-state index in [1.54, 1.807) is 42.5 Å². The fourth-order valence-electron chi connectivity index (χ4n) is 4.84. The van der Waals surface area contributed by atoms with Gasteiger partial charge in [-0.15, -0.1) is 0 Å². The number of hydrogen-bond acceptors (Lipinski definition) is 4. The number of ether oxygens (including phenoxy) is 2. The van der Waals surface area contributed by atoms with E-state index in [4.69, 9.17) is 9.47 Å². The first-order chi connectivity index (χ1) is 16.2. The molecule has 2 aromatic carbocycles. The zero-order valence-corrected chi connectivity index (χ0v) is 19.1. The highest BCUT2D eigenvalue weighted by Crippen LogP contribution is 2.46. The minimum atomic E-state index is -4.11. The van der Waals surface area contributed by atoms with Crippen LogP contribution in [0.15, 0.2) is 48.5 Å². The molecule has 1 aliphatic carbocycles. The van der Waals surface area contributed by atoms with Crippen molar-refractivity contribution in [3.05, 3.63) is 54.1 Å². The van der Waals surface area contributed by atoms with Gasteiger partial charge in [-0.1, -0.05) is 24.3 Å². The van der Waals surface area contributed by atoms with Gasteiger partial charge in [0.25, 0.3) is 0 Å². The lowest BCUT2D eigenvalue weighted by Gasteiger charge is -2.42. The van der Waals surface area contributed by atoms with Crippen molar-refractivity contribution in [3.63, 3.8) is 0 Å². The molecule has 1 heterocycles. The van der Waals surface area contributed by atoms with E-state index in [9.17, 15) is 22.4 Å². The molecule has 0 amide bonds. The third-order valence-electron chi connectivity index (χ3n) is 7.06. The summed E-state index contributed by atoms with van der Waals surface area (Å²) in [6.07, 6.45) is -3.65. The Hall–Kier alpha value is -2.61. The second-order valence-corrected chi connectivity index (χ2v) is 9.19. The first kappa shape index (κ1) is 24.5. The summed E-state index contributed by atoms with van der Waals surface area (Å²) >= 11 is 0. The Bertz CT molecular complexity index is 971. The number of carbonyl (C=O) groups is 1. The Morgan fingerprint density at radius 1 is 1.03 bits per heavy atom. The van der Waals surface area contributed by atoms with Crippen molar-refractivity contribution in [2.45, 2.75) is 38.2 Å². The number of rotatable bonds is 7. The SMILES string of the molecule is COC(=O)c1ccc(-c2cccc(OC(F)C3CCN(CC4CCC4C(F)(F)F)CC3)c2)cc1. The molecule has 3 unspecified atom stereocenters. The van der Waals surface area contributed by atoms with Crippen LogP contribution in [0.3, 0.4) is 0 Å². The van der Waals surface area contributed by atoms with Crippen molar-refractivity contribution in [2.24, 2.45) is 17.8 Å². The Balaban J connectivity index is 1.29. The third kappa shape index (κ3) is 5.71. The van der Waals surface area contributed by atoms with Gasteiger partial charge in [0.05, 0.1) is 18.6 Å². The number of halogens is 4. The van der Waals surface area contributed by atoms with Crippen molar-refractivity contribution in [3.8, 4) is 16.9 Å². The number of carbonyl (C=O) groups excluding carboxylic acids is 1. The van der Waals surface area contributed by atoms with Crippen LogP contribution in [0.25, 0.3) is 11.1 Å². The molecule has 0 bridgehead atoms. The molecule has 2 aliphatic rings. The smallest absolute Gasteiger partial charge is 0.392 e. The van der Waals surface area contributed by atoms with Gasteiger partial charge in [-0.25, -0.2) is 9.18 Å². The molecular weight excluding hydrogens is 450 g/mol. The van der Waals surface area contributed by atoms with E-state index in [0.717, 1.165) is 11.1 Å². The van der Waals surface area contributed by atoms with Gasteiger partial charge < -0.3 is 14.4 Å². The van der Waals surface area contributed by atoms with E-state index >= 15 is 0 Å². The fourth-order valence-corrected chi connectivity index (χ4v) is 4.84. The van der Waals surface area contributed by atoms with Gasteiger partial charge >= 0.3 is 12.1 Å². The zero-order chi connectivity index (χ0) is 24.3. The van der Waals surface area contributed by atoms with Crippen molar-refractivity contribution in [1.82, 2.24) is 4.90 Å². The highest BCUT2D eigenvalue weighted by atomic mass is 19.4. The van der Waals surface area contributed by atoms with Crippen LogP contribution in [0.2, 0.25) is 0 Å². The Morgan fingerprint density at radius 2 is 1.74 bits per heavy atom. The Morgan fingerprint density at radius 3 is 2.32 bits per heavy atom. The van der Waals surface area contributed by atoms with Crippen LogP contribution < -0.4 is 4.74 Å². The summed E-state index contributed by atoms with van der Waals surface area (Å²) in [7, 11) is 1.33. The van der Waals surface area contributed by atoms with E-state index in [-0.39, 0.29) is 18.3 Å². The van der Waals surface area contributed by atoms with Crippen LogP contribution in [-0.2, 0) is 4.74 Å². The van der Waals surface area contributed by atoms with Crippen LogP contribution in [0.5, 0.6) is 5.75 Å². The minimum Gasteiger partial charge on any atom is -0.465 e. The number of methoxy groups -OCH3 is 1. The van der Waals surface area contributed by atoms with Gasteiger partial charge in [-0.3, -0.25) is 0 Å². The predicted molar refractivity (Wildman–Crippen MR) is 120 cm³/mol. The zero-order valence-electron chi connectivity index (χ0n) is 19.1. The van der Waals surface area contributed by atoms with Gasteiger partial charge in [-0.05, 0) is 80.1 Å². The lowest BCUT2D eigenvalue weighted by Crippen LogP contribution is -2.47. The molecule has 0 spiro atoms. The summed E-state index contributed by atoms with van der Waals surface area (Å²) in [5.74, 6) is -1.82. The van der Waals surface area contributed by atoms with Crippen molar-refractivity contribution in [2.75, 3.05) is 26.7 Å². The molecule has 8 heteroatoms. The summed E-state index contributed by atoms with van der Waals surface area (Å²) in [4.78, 5) is 13.6. The monoisotopic (exact) mass is 479 g/mol. The van der Waals surface area contributed by atoms with Crippen molar-refractivity contribution >= 4 is 5.97 Å². The molecule has 4 nitrogen and oxygen atoms in total. The first-order valence-electron chi connectivity index (χ1n) is 11.6. The standard InChI is InChI=1S/C26H29F4NO3/c1-33-25(32)19-7-5-17(6-8-19)20-3-2-4-22(15-20)34-24(27)18-11-13-31(14-12-18)16-21-9-10-23(21)26(28,29)30/h2-8,15,18,21,23-24H,9-14,16H2,1H3. The van der Waals surface area contributed by atoms with E-state index in [1.165, 1.54) is 7.11 Å². The van der Waals surface area contributed by atoms with Gasteiger partial charge in [0.1, 0.15) is 5.75 Å². The number of likely N-dealkylation sites (tertiary alicyclic amines) is 1. The summed E-state index contributed by atoms with van der Waals surface area (Å²) in [5.41, 5.74) is 2.13. The number of esters is 1. The summed E-state index contributed by atoms with van der Waals surface area (Å²) in [6.45, 7) is 1.61. The topological polar surface area (TPSA) is 38.8 Å². The molecule has 184 valence electrons. The fraction of sp³-hybridized carbons (Fsp3) is 0.500. The average molecular weight is 480 g/mol. The number of alkyl halides is 4.